The Balaban J connectivity index is 2.51. The number of nitrogens with zero attached hydrogens (tertiary/aromatic N) is 1. The summed E-state index contributed by atoms with van der Waals surface area (Å²) in [5.74, 6) is 0.312. The number of nitrogens with two attached hydrogens (primary N) is 1. The summed E-state index contributed by atoms with van der Waals surface area (Å²) < 4.78 is 0. The van der Waals surface area contributed by atoms with Crippen molar-refractivity contribution in [3.63, 3.8) is 0 Å². The molecule has 5 heteroatoms. The van der Waals surface area contributed by atoms with Gasteiger partial charge in [0, 0.05) is 6.42 Å². The first-order valence-electron chi connectivity index (χ1n) is 5.12. The Morgan fingerprint density at radius 3 is 2.50 bits per heavy atom. The van der Waals surface area contributed by atoms with E-state index in [1.807, 2.05) is 0 Å². The van der Waals surface area contributed by atoms with Gasteiger partial charge in [-0.1, -0.05) is 24.5 Å². The summed E-state index contributed by atoms with van der Waals surface area (Å²) in [6, 6.07) is 0. The Labute approximate surface area is 84.4 Å². The molecule has 80 valence electrons. The number of nitrogens with one attached hydrogen (secondary N) is 3. The third-order valence-corrected chi connectivity index (χ3v) is 3.09. The Bertz CT molecular complexity index is 207. The Morgan fingerprint density at radius 2 is 2.00 bits per heavy atom. The molecule has 1 rings (SSSR count). The molecule has 0 spiro atoms. The van der Waals surface area contributed by atoms with Crippen LogP contribution in [0.1, 0.15) is 38.5 Å². The molecule has 5 N–H and O–H groups in total. The van der Waals surface area contributed by atoms with E-state index in [0.29, 0.717) is 18.8 Å². The van der Waals surface area contributed by atoms with E-state index >= 15 is 0 Å². The number of hydrogen-bond donors (Lipinski definition) is 4. The molecule has 0 unspecified atom stereocenters. The van der Waals surface area contributed by atoms with Crippen LogP contribution in [0.5, 0.6) is 0 Å². The molecule has 1 aliphatic rings. The predicted octanol–water partition coefficient (Wildman–Crippen LogP) is 1.80. The summed E-state index contributed by atoms with van der Waals surface area (Å²) in [7, 11) is 0. The zero-order valence-corrected chi connectivity index (χ0v) is 8.47. The quantitative estimate of drug-likeness (QED) is 0.239. The van der Waals surface area contributed by atoms with Crippen molar-refractivity contribution >= 4 is 5.84 Å². The average molecular weight is 197 g/mol. The van der Waals surface area contributed by atoms with Crippen LogP contribution in [-0.2, 0) is 0 Å². The summed E-state index contributed by atoms with van der Waals surface area (Å²) in [6.07, 6.45) is 6.54. The highest BCUT2D eigenvalue weighted by Crippen LogP contribution is 2.38. The SMILES string of the molecule is N=NNC(=N)CC1(CN)CCCCC1. The van der Waals surface area contributed by atoms with Gasteiger partial charge in [0.1, 0.15) is 5.84 Å². The molecule has 0 saturated heterocycles. The second-order valence-electron chi connectivity index (χ2n) is 4.14. The number of amidine groups is 1. The molecule has 0 amide bonds. The largest absolute Gasteiger partial charge is 0.330 e. The second-order valence-corrected chi connectivity index (χ2v) is 4.14. The first kappa shape index (κ1) is 11.1. The molecule has 0 bridgehead atoms. The van der Waals surface area contributed by atoms with Crippen molar-refractivity contribution in [1.29, 1.82) is 10.9 Å². The first-order chi connectivity index (χ1) is 6.72. The molecule has 1 fully saturated rings. The van der Waals surface area contributed by atoms with E-state index < -0.39 is 0 Å². The normalized spacial score (nSPS) is 20.1. The molecule has 1 saturated carbocycles. The van der Waals surface area contributed by atoms with Crippen LogP contribution in [-0.4, -0.2) is 12.4 Å². The molecule has 0 radical (unpaired) electrons. The van der Waals surface area contributed by atoms with Crippen LogP contribution in [0.15, 0.2) is 5.22 Å². The van der Waals surface area contributed by atoms with Gasteiger partial charge >= 0.3 is 0 Å². The van der Waals surface area contributed by atoms with Gasteiger partial charge in [0.15, 0.2) is 0 Å². The highest BCUT2D eigenvalue weighted by Gasteiger charge is 2.31. The maximum atomic E-state index is 7.57. The van der Waals surface area contributed by atoms with E-state index in [0.717, 1.165) is 12.8 Å². The third-order valence-electron chi connectivity index (χ3n) is 3.09. The standard InChI is InChI=1S/C9H19N5/c10-7-9(4-2-1-3-5-9)6-8(11)13-14-12/h1-7,10H2,(H3,11,12,13). The van der Waals surface area contributed by atoms with Crippen molar-refractivity contribution in [2.24, 2.45) is 16.4 Å². The maximum absolute atomic E-state index is 7.57. The van der Waals surface area contributed by atoms with Crippen LogP contribution in [0.2, 0.25) is 0 Å². The van der Waals surface area contributed by atoms with E-state index in [-0.39, 0.29) is 5.41 Å². The van der Waals surface area contributed by atoms with Crippen LogP contribution in [0, 0.1) is 16.4 Å². The van der Waals surface area contributed by atoms with E-state index in [9.17, 15) is 0 Å². The van der Waals surface area contributed by atoms with Crippen LogP contribution in [0.3, 0.4) is 0 Å². The lowest BCUT2D eigenvalue weighted by Crippen LogP contribution is -2.37. The molecule has 1 aliphatic carbocycles. The fourth-order valence-corrected chi connectivity index (χ4v) is 2.24. The summed E-state index contributed by atoms with van der Waals surface area (Å²) in [4.78, 5) is 0. The molecule has 0 aromatic rings. The van der Waals surface area contributed by atoms with Gasteiger partial charge < -0.3 is 5.73 Å². The zero-order chi connectivity index (χ0) is 10.4. The lowest BCUT2D eigenvalue weighted by molar-refractivity contribution is 0.206. The molecule has 0 atom stereocenters. The molecule has 14 heavy (non-hydrogen) atoms. The van der Waals surface area contributed by atoms with Crippen LogP contribution in [0.4, 0.5) is 0 Å². The van der Waals surface area contributed by atoms with Crippen LogP contribution < -0.4 is 11.2 Å². The van der Waals surface area contributed by atoms with E-state index in [1.54, 1.807) is 0 Å². The van der Waals surface area contributed by atoms with Gasteiger partial charge in [-0.3, -0.25) is 5.41 Å². The molecule has 0 aliphatic heterocycles. The summed E-state index contributed by atoms with van der Waals surface area (Å²) in [5.41, 5.74) is 14.9. The Hall–Kier alpha value is -0.970. The fourth-order valence-electron chi connectivity index (χ4n) is 2.24. The lowest BCUT2D eigenvalue weighted by Gasteiger charge is -2.36. The lowest BCUT2D eigenvalue weighted by atomic mass is 9.71. The van der Waals surface area contributed by atoms with Gasteiger partial charge in [0.05, 0.1) is 0 Å². The van der Waals surface area contributed by atoms with Crippen molar-refractivity contribution in [3.8, 4) is 0 Å². The van der Waals surface area contributed by atoms with Crippen molar-refractivity contribution in [2.45, 2.75) is 38.5 Å². The summed E-state index contributed by atoms with van der Waals surface area (Å²) >= 11 is 0. The monoisotopic (exact) mass is 197 g/mol. The molecule has 5 nitrogen and oxygen atoms in total. The number of hydrogen-bond acceptors (Lipinski definition) is 4. The van der Waals surface area contributed by atoms with Gasteiger partial charge in [0.25, 0.3) is 0 Å². The molecular weight excluding hydrogens is 178 g/mol. The molecular formula is C9H19N5. The smallest absolute Gasteiger partial charge is 0.116 e. The maximum Gasteiger partial charge on any atom is 0.116 e. The van der Waals surface area contributed by atoms with Gasteiger partial charge in [-0.15, -0.1) is 0 Å². The highest BCUT2D eigenvalue weighted by molar-refractivity contribution is 5.79. The van der Waals surface area contributed by atoms with Crippen molar-refractivity contribution in [1.82, 2.24) is 5.43 Å². The predicted molar refractivity (Wildman–Crippen MR) is 55.2 cm³/mol. The van der Waals surface area contributed by atoms with Crippen molar-refractivity contribution in [3.05, 3.63) is 0 Å². The average Bonchev–Trinajstić information content (AvgIpc) is 2.19. The van der Waals surface area contributed by atoms with Crippen molar-refractivity contribution in [2.75, 3.05) is 6.54 Å². The molecule has 0 heterocycles. The Kier molecular flexibility index (Phi) is 4.00. The van der Waals surface area contributed by atoms with E-state index in [2.05, 4.69) is 10.6 Å². The van der Waals surface area contributed by atoms with Crippen LogP contribution >= 0.6 is 0 Å². The van der Waals surface area contributed by atoms with Gasteiger partial charge in [-0.25, -0.2) is 5.43 Å². The summed E-state index contributed by atoms with van der Waals surface area (Å²) in [6.45, 7) is 0.634. The topological polar surface area (TPSA) is 98.1 Å². The molecule has 0 aromatic carbocycles. The molecule has 0 aromatic heterocycles. The summed E-state index contributed by atoms with van der Waals surface area (Å²) in [5, 5.41) is 10.6. The minimum Gasteiger partial charge on any atom is -0.330 e. The van der Waals surface area contributed by atoms with Crippen LogP contribution in [0.25, 0.3) is 0 Å². The third kappa shape index (κ3) is 2.77. The number of rotatable bonds is 4. The van der Waals surface area contributed by atoms with Gasteiger partial charge in [-0.05, 0) is 24.8 Å². The first-order valence-corrected chi connectivity index (χ1v) is 5.12. The zero-order valence-electron chi connectivity index (χ0n) is 8.47. The van der Waals surface area contributed by atoms with Gasteiger partial charge in [-0.2, -0.15) is 5.53 Å². The van der Waals surface area contributed by atoms with Gasteiger partial charge in [0.2, 0.25) is 0 Å². The highest BCUT2D eigenvalue weighted by atomic mass is 15.4. The Morgan fingerprint density at radius 1 is 1.36 bits per heavy atom. The minimum atomic E-state index is 0.0903. The second kappa shape index (κ2) is 5.05. The van der Waals surface area contributed by atoms with E-state index in [1.165, 1.54) is 19.3 Å². The minimum absolute atomic E-state index is 0.0903. The van der Waals surface area contributed by atoms with E-state index in [4.69, 9.17) is 16.7 Å². The fraction of sp³-hybridized carbons (Fsp3) is 0.889. The van der Waals surface area contributed by atoms with Crippen molar-refractivity contribution < 1.29 is 0 Å².